The minimum Gasteiger partial charge on any atom is -0.463 e. The second-order valence-corrected chi connectivity index (χ2v) is 6.61. The van der Waals surface area contributed by atoms with Crippen LogP contribution in [-0.2, 0) is 11.3 Å². The van der Waals surface area contributed by atoms with Gasteiger partial charge in [-0.3, -0.25) is 9.69 Å². The highest BCUT2D eigenvalue weighted by Crippen LogP contribution is 2.19. The second-order valence-electron chi connectivity index (χ2n) is 6.61. The molecule has 1 aliphatic heterocycles. The molecule has 0 atom stereocenters. The van der Waals surface area contributed by atoms with Crippen molar-refractivity contribution in [3.8, 4) is 0 Å². The van der Waals surface area contributed by atoms with Gasteiger partial charge in [0.2, 0.25) is 5.76 Å². The summed E-state index contributed by atoms with van der Waals surface area (Å²) in [4.78, 5) is 26.1. The van der Waals surface area contributed by atoms with Crippen molar-refractivity contribution in [3.63, 3.8) is 0 Å². The lowest BCUT2D eigenvalue weighted by atomic mass is 10.0. The maximum Gasteiger partial charge on any atom is 0.374 e. The molecule has 1 saturated heterocycles. The molecule has 26 heavy (non-hydrogen) atoms. The van der Waals surface area contributed by atoms with Crippen LogP contribution in [0.2, 0.25) is 0 Å². The van der Waals surface area contributed by atoms with Crippen molar-refractivity contribution < 1.29 is 18.7 Å². The summed E-state index contributed by atoms with van der Waals surface area (Å²) in [5.41, 5.74) is 1.48. The Bertz CT molecular complexity index is 761. The van der Waals surface area contributed by atoms with Crippen LogP contribution in [0.15, 0.2) is 40.8 Å². The molecule has 6 nitrogen and oxygen atoms in total. The van der Waals surface area contributed by atoms with Gasteiger partial charge in [-0.2, -0.15) is 0 Å². The molecule has 2 aromatic rings. The third kappa shape index (κ3) is 4.32. The fraction of sp³-hybridized carbons (Fsp3) is 0.400. The van der Waals surface area contributed by atoms with E-state index in [1.54, 1.807) is 0 Å². The van der Waals surface area contributed by atoms with Gasteiger partial charge in [0.25, 0.3) is 5.91 Å². The lowest BCUT2D eigenvalue weighted by Crippen LogP contribution is -2.44. The number of aryl methyl sites for hydroxylation is 1. The molecule has 0 spiro atoms. The summed E-state index contributed by atoms with van der Waals surface area (Å²) < 4.78 is 10.4. The number of furan rings is 1. The summed E-state index contributed by atoms with van der Waals surface area (Å²) in [5, 5.41) is 3.11. The van der Waals surface area contributed by atoms with Gasteiger partial charge >= 0.3 is 5.97 Å². The molecule has 1 N–H and O–H groups in total. The van der Waals surface area contributed by atoms with Crippen molar-refractivity contribution in [1.29, 1.82) is 0 Å². The van der Waals surface area contributed by atoms with Crippen molar-refractivity contribution in [2.45, 2.75) is 32.4 Å². The fourth-order valence-corrected chi connectivity index (χ4v) is 3.24. The van der Waals surface area contributed by atoms with E-state index in [-0.39, 0.29) is 17.7 Å². The van der Waals surface area contributed by atoms with Crippen LogP contribution in [0, 0.1) is 6.92 Å². The normalized spacial score (nSPS) is 15.6. The highest BCUT2D eigenvalue weighted by atomic mass is 16.5. The summed E-state index contributed by atoms with van der Waals surface area (Å²) in [7, 11) is 1.35. The Hall–Kier alpha value is -2.60. The Balaban J connectivity index is 1.50. The minimum atomic E-state index is -0.448. The van der Waals surface area contributed by atoms with Crippen LogP contribution in [0.4, 0.5) is 0 Å². The molecule has 1 aromatic heterocycles. The van der Waals surface area contributed by atoms with Crippen LogP contribution >= 0.6 is 0 Å². The zero-order chi connectivity index (χ0) is 18.5. The van der Waals surface area contributed by atoms with Gasteiger partial charge in [0, 0.05) is 30.3 Å². The number of piperidine rings is 1. The number of methoxy groups -OCH3 is 1. The zero-order valence-corrected chi connectivity index (χ0v) is 15.2. The van der Waals surface area contributed by atoms with E-state index in [0.29, 0.717) is 12.1 Å². The third-order valence-corrected chi connectivity index (χ3v) is 4.68. The number of likely N-dealkylation sites (tertiary alicyclic amines) is 1. The number of ether oxygens (including phenoxy) is 1. The molecule has 0 saturated carbocycles. The number of carbonyl (C=O) groups is 2. The average molecular weight is 356 g/mol. The van der Waals surface area contributed by atoms with E-state index in [0.717, 1.165) is 37.3 Å². The lowest BCUT2D eigenvalue weighted by Gasteiger charge is -2.31. The molecule has 138 valence electrons. The Morgan fingerprint density at radius 2 is 1.92 bits per heavy atom. The molecule has 3 rings (SSSR count). The molecule has 1 aliphatic rings. The Morgan fingerprint density at radius 3 is 2.58 bits per heavy atom. The number of amides is 1. The second kappa shape index (κ2) is 8.19. The topological polar surface area (TPSA) is 71.8 Å². The van der Waals surface area contributed by atoms with E-state index in [1.165, 1.54) is 7.11 Å². The van der Waals surface area contributed by atoms with Gasteiger partial charge in [0.15, 0.2) is 0 Å². The fourth-order valence-electron chi connectivity index (χ4n) is 3.24. The Morgan fingerprint density at radius 1 is 1.23 bits per heavy atom. The van der Waals surface area contributed by atoms with Crippen molar-refractivity contribution in [2.24, 2.45) is 0 Å². The molecule has 2 heterocycles. The zero-order valence-electron chi connectivity index (χ0n) is 15.2. The van der Waals surface area contributed by atoms with Crippen LogP contribution < -0.4 is 5.32 Å². The number of nitrogens with zero attached hydrogens (tertiary/aromatic N) is 1. The molecule has 6 heteroatoms. The summed E-state index contributed by atoms with van der Waals surface area (Å²) >= 11 is 0. The maximum atomic E-state index is 12.2. The molecule has 0 radical (unpaired) electrons. The van der Waals surface area contributed by atoms with Crippen LogP contribution in [-0.4, -0.2) is 43.0 Å². The van der Waals surface area contributed by atoms with E-state index in [1.807, 2.05) is 43.3 Å². The smallest absolute Gasteiger partial charge is 0.374 e. The first-order valence-corrected chi connectivity index (χ1v) is 8.82. The van der Waals surface area contributed by atoms with E-state index in [2.05, 4.69) is 10.2 Å². The number of hydrogen-bond donors (Lipinski definition) is 1. The summed E-state index contributed by atoms with van der Waals surface area (Å²) in [6, 6.07) is 11.3. The average Bonchev–Trinajstić information content (AvgIpc) is 3.03. The standard InChI is InChI=1S/C20H24N2O4/c1-14-12-17(26-18(14)20(24)25-2)13-22-10-8-16(9-11-22)21-19(23)15-6-4-3-5-7-15/h3-7,12,16H,8-11,13H2,1-2H3,(H,21,23). The van der Waals surface area contributed by atoms with Crippen LogP contribution in [0.5, 0.6) is 0 Å². The van der Waals surface area contributed by atoms with E-state index < -0.39 is 5.97 Å². The first-order valence-electron chi connectivity index (χ1n) is 8.82. The highest BCUT2D eigenvalue weighted by molar-refractivity contribution is 5.94. The van der Waals surface area contributed by atoms with Gasteiger partial charge < -0.3 is 14.5 Å². The number of hydrogen-bond acceptors (Lipinski definition) is 5. The minimum absolute atomic E-state index is 0.0200. The molecular weight excluding hydrogens is 332 g/mol. The molecule has 1 amide bonds. The highest BCUT2D eigenvalue weighted by Gasteiger charge is 2.23. The number of carbonyl (C=O) groups excluding carboxylic acids is 2. The maximum absolute atomic E-state index is 12.2. The quantitative estimate of drug-likeness (QED) is 0.834. The molecule has 0 unspecified atom stereocenters. The van der Waals surface area contributed by atoms with E-state index in [4.69, 9.17) is 9.15 Å². The number of nitrogens with one attached hydrogen (secondary N) is 1. The first kappa shape index (κ1) is 18.2. The molecule has 0 bridgehead atoms. The molecule has 1 fully saturated rings. The van der Waals surface area contributed by atoms with Crippen LogP contribution in [0.25, 0.3) is 0 Å². The predicted molar refractivity (Wildman–Crippen MR) is 97.0 cm³/mol. The van der Waals surface area contributed by atoms with Crippen molar-refractivity contribution >= 4 is 11.9 Å². The predicted octanol–water partition coefficient (Wildman–Crippen LogP) is 2.77. The van der Waals surface area contributed by atoms with Gasteiger partial charge in [0.05, 0.1) is 13.7 Å². The summed E-state index contributed by atoms with van der Waals surface area (Å²) in [5.74, 6) is 0.562. The van der Waals surface area contributed by atoms with Crippen molar-refractivity contribution in [2.75, 3.05) is 20.2 Å². The third-order valence-electron chi connectivity index (χ3n) is 4.68. The monoisotopic (exact) mass is 356 g/mol. The largest absolute Gasteiger partial charge is 0.463 e. The van der Waals surface area contributed by atoms with Crippen LogP contribution in [0.3, 0.4) is 0 Å². The first-order chi connectivity index (χ1) is 12.6. The van der Waals surface area contributed by atoms with Gasteiger partial charge in [-0.05, 0) is 38.0 Å². The number of rotatable bonds is 5. The van der Waals surface area contributed by atoms with E-state index >= 15 is 0 Å². The molecular formula is C20H24N2O4. The Kier molecular flexibility index (Phi) is 5.73. The van der Waals surface area contributed by atoms with Gasteiger partial charge in [-0.15, -0.1) is 0 Å². The SMILES string of the molecule is COC(=O)c1oc(CN2CCC(NC(=O)c3ccccc3)CC2)cc1C. The van der Waals surface area contributed by atoms with Crippen molar-refractivity contribution in [1.82, 2.24) is 10.2 Å². The van der Waals surface area contributed by atoms with Gasteiger partial charge in [-0.25, -0.2) is 4.79 Å². The molecule has 0 aliphatic carbocycles. The van der Waals surface area contributed by atoms with Gasteiger partial charge in [-0.1, -0.05) is 18.2 Å². The summed E-state index contributed by atoms with van der Waals surface area (Å²) in [6.45, 7) is 4.22. The Labute approximate surface area is 153 Å². The van der Waals surface area contributed by atoms with Gasteiger partial charge in [0.1, 0.15) is 5.76 Å². The van der Waals surface area contributed by atoms with Crippen LogP contribution in [0.1, 0.15) is 45.1 Å². The van der Waals surface area contributed by atoms with E-state index in [9.17, 15) is 9.59 Å². The lowest BCUT2D eigenvalue weighted by molar-refractivity contribution is 0.0559. The van der Waals surface area contributed by atoms with Crippen molar-refractivity contribution in [3.05, 3.63) is 59.0 Å². The number of esters is 1. The molecule has 1 aromatic carbocycles. The summed E-state index contributed by atoms with van der Waals surface area (Å²) in [6.07, 6.45) is 1.78. The number of benzene rings is 1.